The molecule has 0 spiro atoms. The lowest BCUT2D eigenvalue weighted by molar-refractivity contribution is -0.137. The van der Waals surface area contributed by atoms with Crippen LogP contribution in [0.5, 0.6) is 0 Å². The van der Waals surface area contributed by atoms with Crippen molar-refractivity contribution >= 4 is 11.8 Å². The number of likely N-dealkylation sites (tertiary alicyclic amines) is 2. The van der Waals surface area contributed by atoms with Gasteiger partial charge >= 0.3 is 0 Å². The van der Waals surface area contributed by atoms with Gasteiger partial charge in [-0.05, 0) is 26.7 Å². The third-order valence-corrected chi connectivity index (χ3v) is 4.65. The normalized spacial score (nSPS) is 26.0. The van der Waals surface area contributed by atoms with Crippen LogP contribution in [0.1, 0.15) is 39.2 Å². The number of carbonyl (C=O) groups excluding carboxylic acids is 2. The molecule has 0 unspecified atom stereocenters. The fraction of sp³-hybridized carbons (Fsp3) is 0.733. The summed E-state index contributed by atoms with van der Waals surface area (Å²) < 4.78 is 1.83. The zero-order chi connectivity index (χ0) is 15.7. The van der Waals surface area contributed by atoms with Gasteiger partial charge in [0.1, 0.15) is 12.7 Å². The summed E-state index contributed by atoms with van der Waals surface area (Å²) in [5.41, 5.74) is 0. The van der Waals surface area contributed by atoms with Gasteiger partial charge in [0.05, 0.1) is 12.0 Å². The van der Waals surface area contributed by atoms with Crippen molar-refractivity contribution in [1.82, 2.24) is 24.6 Å². The van der Waals surface area contributed by atoms with Crippen LogP contribution >= 0.6 is 0 Å². The Kier molecular flexibility index (Phi) is 4.13. The van der Waals surface area contributed by atoms with Crippen LogP contribution < -0.4 is 0 Å². The number of amides is 2. The molecule has 0 saturated carbocycles. The standard InChI is InChI=1S/C15H23N5O2/c1-11(2)19-7-12(6-14(19)21)15(22)18-5-3-4-13(8-18)20-10-16-9-17-20/h9-13H,3-8H2,1-2H3/t12-,13+/m1/s1. The number of aromatic nitrogens is 3. The van der Waals surface area contributed by atoms with Gasteiger partial charge in [-0.1, -0.05) is 0 Å². The summed E-state index contributed by atoms with van der Waals surface area (Å²) in [6.07, 6.45) is 5.55. The summed E-state index contributed by atoms with van der Waals surface area (Å²) >= 11 is 0. The van der Waals surface area contributed by atoms with Gasteiger partial charge in [-0.25, -0.2) is 9.67 Å². The predicted octanol–water partition coefficient (Wildman–Crippen LogP) is 0.698. The van der Waals surface area contributed by atoms with Crippen LogP contribution in [0.4, 0.5) is 0 Å². The van der Waals surface area contributed by atoms with Crippen molar-refractivity contribution in [2.75, 3.05) is 19.6 Å². The van der Waals surface area contributed by atoms with Crippen molar-refractivity contribution < 1.29 is 9.59 Å². The number of hydrogen-bond acceptors (Lipinski definition) is 4. The molecule has 2 saturated heterocycles. The molecule has 7 heteroatoms. The van der Waals surface area contributed by atoms with E-state index < -0.39 is 0 Å². The monoisotopic (exact) mass is 305 g/mol. The molecule has 0 radical (unpaired) electrons. The van der Waals surface area contributed by atoms with Gasteiger partial charge in [0.2, 0.25) is 11.8 Å². The van der Waals surface area contributed by atoms with Gasteiger partial charge < -0.3 is 9.80 Å². The van der Waals surface area contributed by atoms with E-state index in [1.165, 1.54) is 6.33 Å². The Bertz CT molecular complexity index is 542. The Morgan fingerprint density at radius 1 is 1.36 bits per heavy atom. The second kappa shape index (κ2) is 6.06. The van der Waals surface area contributed by atoms with E-state index in [-0.39, 0.29) is 29.8 Å². The molecule has 7 nitrogen and oxygen atoms in total. The van der Waals surface area contributed by atoms with Gasteiger partial charge in [0, 0.05) is 32.1 Å². The van der Waals surface area contributed by atoms with Crippen LogP contribution in [0.3, 0.4) is 0 Å². The fourth-order valence-corrected chi connectivity index (χ4v) is 3.43. The maximum absolute atomic E-state index is 12.7. The highest BCUT2D eigenvalue weighted by atomic mass is 16.2. The molecule has 2 aliphatic heterocycles. The Balaban J connectivity index is 1.64. The van der Waals surface area contributed by atoms with Crippen molar-refractivity contribution in [2.24, 2.45) is 5.92 Å². The molecule has 2 atom stereocenters. The van der Waals surface area contributed by atoms with E-state index in [2.05, 4.69) is 10.1 Å². The van der Waals surface area contributed by atoms with Crippen molar-refractivity contribution in [2.45, 2.75) is 45.2 Å². The van der Waals surface area contributed by atoms with Crippen LogP contribution in [-0.2, 0) is 9.59 Å². The van der Waals surface area contributed by atoms with Crippen molar-refractivity contribution in [3.8, 4) is 0 Å². The van der Waals surface area contributed by atoms with E-state index >= 15 is 0 Å². The van der Waals surface area contributed by atoms with Crippen LogP contribution in [0.15, 0.2) is 12.7 Å². The summed E-state index contributed by atoms with van der Waals surface area (Å²) in [6.45, 7) is 5.98. The molecule has 120 valence electrons. The lowest BCUT2D eigenvalue weighted by Gasteiger charge is -2.34. The molecule has 0 aromatic carbocycles. The highest BCUT2D eigenvalue weighted by molar-refractivity contribution is 5.89. The van der Waals surface area contributed by atoms with Crippen LogP contribution in [0, 0.1) is 5.92 Å². The molecule has 0 aliphatic carbocycles. The summed E-state index contributed by atoms with van der Waals surface area (Å²) in [5, 5.41) is 4.18. The van der Waals surface area contributed by atoms with E-state index in [4.69, 9.17) is 0 Å². The second-order valence-corrected chi connectivity index (χ2v) is 6.50. The highest BCUT2D eigenvalue weighted by Gasteiger charge is 2.38. The molecule has 2 fully saturated rings. The van der Waals surface area contributed by atoms with E-state index in [9.17, 15) is 9.59 Å². The van der Waals surface area contributed by atoms with Crippen molar-refractivity contribution in [1.29, 1.82) is 0 Å². The third kappa shape index (κ3) is 2.84. The van der Waals surface area contributed by atoms with E-state index in [0.717, 1.165) is 19.4 Å². The largest absolute Gasteiger partial charge is 0.340 e. The van der Waals surface area contributed by atoms with Crippen molar-refractivity contribution in [3.05, 3.63) is 12.7 Å². The molecule has 1 aromatic heterocycles. The molecule has 3 heterocycles. The molecular weight excluding hydrogens is 282 g/mol. The quantitative estimate of drug-likeness (QED) is 0.824. The Morgan fingerprint density at radius 3 is 2.82 bits per heavy atom. The number of carbonyl (C=O) groups is 2. The first-order valence-corrected chi connectivity index (χ1v) is 7.98. The molecule has 0 N–H and O–H groups in total. The maximum atomic E-state index is 12.7. The van der Waals surface area contributed by atoms with Gasteiger partial charge in [-0.15, -0.1) is 0 Å². The minimum atomic E-state index is -0.190. The number of rotatable bonds is 3. The van der Waals surface area contributed by atoms with E-state index in [0.29, 0.717) is 19.5 Å². The lowest BCUT2D eigenvalue weighted by atomic mass is 10.0. The SMILES string of the molecule is CC(C)N1C[C@H](C(=O)N2CCC[C@H](n3cncn3)C2)CC1=O. The van der Waals surface area contributed by atoms with Gasteiger partial charge in [0.15, 0.2) is 0 Å². The predicted molar refractivity (Wildman–Crippen MR) is 79.8 cm³/mol. The third-order valence-electron chi connectivity index (χ3n) is 4.65. The minimum Gasteiger partial charge on any atom is -0.340 e. The Hall–Kier alpha value is -1.92. The first-order chi connectivity index (χ1) is 10.6. The number of nitrogens with zero attached hydrogens (tertiary/aromatic N) is 5. The minimum absolute atomic E-state index is 0.0955. The Labute approximate surface area is 130 Å². The van der Waals surface area contributed by atoms with Gasteiger partial charge in [-0.3, -0.25) is 9.59 Å². The fourth-order valence-electron chi connectivity index (χ4n) is 3.43. The number of hydrogen-bond donors (Lipinski definition) is 0. The molecule has 2 amide bonds. The molecule has 2 aliphatic rings. The average molecular weight is 305 g/mol. The Morgan fingerprint density at radius 2 is 2.18 bits per heavy atom. The number of piperidine rings is 1. The topological polar surface area (TPSA) is 71.3 Å². The summed E-state index contributed by atoms with van der Waals surface area (Å²) in [5.74, 6) is 0.0175. The smallest absolute Gasteiger partial charge is 0.228 e. The van der Waals surface area contributed by atoms with E-state index in [1.807, 2.05) is 23.4 Å². The zero-order valence-corrected chi connectivity index (χ0v) is 13.2. The first kappa shape index (κ1) is 15.0. The van der Waals surface area contributed by atoms with E-state index in [1.54, 1.807) is 11.2 Å². The maximum Gasteiger partial charge on any atom is 0.228 e. The molecular formula is C15H23N5O2. The average Bonchev–Trinajstić information content (AvgIpc) is 3.16. The van der Waals surface area contributed by atoms with Crippen LogP contribution in [0.2, 0.25) is 0 Å². The summed E-state index contributed by atoms with van der Waals surface area (Å²) in [6, 6.07) is 0.355. The molecule has 0 bridgehead atoms. The lowest BCUT2D eigenvalue weighted by Crippen LogP contribution is -2.44. The van der Waals surface area contributed by atoms with Gasteiger partial charge in [-0.2, -0.15) is 5.10 Å². The second-order valence-electron chi connectivity index (χ2n) is 6.50. The van der Waals surface area contributed by atoms with Crippen LogP contribution in [0.25, 0.3) is 0 Å². The zero-order valence-electron chi connectivity index (χ0n) is 13.2. The summed E-state index contributed by atoms with van der Waals surface area (Å²) in [4.78, 5) is 32.4. The van der Waals surface area contributed by atoms with Crippen LogP contribution in [-0.4, -0.2) is 62.1 Å². The summed E-state index contributed by atoms with van der Waals surface area (Å²) in [7, 11) is 0. The molecule has 3 rings (SSSR count). The molecule has 22 heavy (non-hydrogen) atoms. The molecule has 1 aromatic rings. The first-order valence-electron chi connectivity index (χ1n) is 7.98. The van der Waals surface area contributed by atoms with Gasteiger partial charge in [0.25, 0.3) is 0 Å². The highest BCUT2D eigenvalue weighted by Crippen LogP contribution is 2.26. The van der Waals surface area contributed by atoms with Crippen molar-refractivity contribution in [3.63, 3.8) is 0 Å².